The largest absolute Gasteiger partial charge is 0.439 e. The van der Waals surface area contributed by atoms with E-state index in [0.29, 0.717) is 11.3 Å². The lowest BCUT2D eigenvalue weighted by Crippen LogP contribution is -2.08. The van der Waals surface area contributed by atoms with Gasteiger partial charge in [0.25, 0.3) is 0 Å². The van der Waals surface area contributed by atoms with Crippen LogP contribution in [0.25, 0.3) is 0 Å². The highest BCUT2D eigenvalue weighted by Crippen LogP contribution is 2.31. The predicted molar refractivity (Wildman–Crippen MR) is 71.3 cm³/mol. The van der Waals surface area contributed by atoms with E-state index in [1.165, 1.54) is 12.1 Å². The molecule has 0 radical (unpaired) electrons. The quantitative estimate of drug-likeness (QED) is 0.909. The second kappa shape index (κ2) is 5.80. The van der Waals surface area contributed by atoms with Gasteiger partial charge in [-0.2, -0.15) is 13.2 Å². The Kier molecular flexibility index (Phi) is 4.29. The number of ether oxygens (including phenoxy) is 1. The average molecular weight is 347 g/mol. The molecule has 0 aliphatic heterocycles. The van der Waals surface area contributed by atoms with E-state index in [0.717, 1.165) is 10.5 Å². The Morgan fingerprint density at radius 1 is 1.20 bits per heavy atom. The van der Waals surface area contributed by atoms with Crippen LogP contribution in [0.2, 0.25) is 0 Å². The third-order valence-corrected chi connectivity index (χ3v) is 2.96. The van der Waals surface area contributed by atoms with Gasteiger partial charge < -0.3 is 10.5 Å². The normalized spacial score (nSPS) is 11.4. The van der Waals surface area contributed by atoms with E-state index in [9.17, 15) is 13.2 Å². The molecule has 1 aromatic heterocycles. The lowest BCUT2D eigenvalue weighted by atomic mass is 10.2. The molecule has 1 aromatic carbocycles. The van der Waals surface area contributed by atoms with E-state index in [-0.39, 0.29) is 12.4 Å². The monoisotopic (exact) mass is 346 g/mol. The van der Waals surface area contributed by atoms with Crippen LogP contribution in [0.15, 0.2) is 40.9 Å². The van der Waals surface area contributed by atoms with Gasteiger partial charge in [-0.05, 0) is 24.3 Å². The summed E-state index contributed by atoms with van der Waals surface area (Å²) in [5.41, 5.74) is 5.24. The van der Waals surface area contributed by atoms with E-state index in [1.807, 2.05) is 0 Å². The number of rotatable bonds is 3. The molecule has 0 aliphatic rings. The maximum absolute atomic E-state index is 12.6. The molecule has 0 unspecified atom stereocenters. The van der Waals surface area contributed by atoms with E-state index in [4.69, 9.17) is 10.5 Å². The van der Waals surface area contributed by atoms with Gasteiger partial charge in [0.05, 0.1) is 0 Å². The van der Waals surface area contributed by atoms with Crippen molar-refractivity contribution in [1.82, 2.24) is 4.98 Å². The zero-order chi connectivity index (χ0) is 14.8. The zero-order valence-corrected chi connectivity index (χ0v) is 11.7. The molecule has 0 saturated heterocycles. The molecule has 2 aromatic rings. The summed E-state index contributed by atoms with van der Waals surface area (Å²) in [5, 5.41) is 0. The Bertz CT molecular complexity index is 617. The lowest BCUT2D eigenvalue weighted by molar-refractivity contribution is -0.141. The van der Waals surface area contributed by atoms with E-state index >= 15 is 0 Å². The Morgan fingerprint density at radius 2 is 1.95 bits per heavy atom. The first-order valence-electron chi connectivity index (χ1n) is 5.61. The van der Waals surface area contributed by atoms with Crippen LogP contribution in [0.5, 0.6) is 11.6 Å². The van der Waals surface area contributed by atoms with Gasteiger partial charge in [-0.25, -0.2) is 4.98 Å². The van der Waals surface area contributed by atoms with Gasteiger partial charge in [-0.3, -0.25) is 0 Å². The van der Waals surface area contributed by atoms with Crippen LogP contribution >= 0.6 is 15.9 Å². The fourth-order valence-electron chi connectivity index (χ4n) is 1.55. The summed E-state index contributed by atoms with van der Waals surface area (Å²) in [6.45, 7) is 0.202. The minimum absolute atomic E-state index is 0.128. The second-order valence-corrected chi connectivity index (χ2v) is 4.83. The molecule has 20 heavy (non-hydrogen) atoms. The van der Waals surface area contributed by atoms with Crippen molar-refractivity contribution in [3.63, 3.8) is 0 Å². The molecule has 0 fully saturated rings. The molecule has 0 amide bonds. The summed E-state index contributed by atoms with van der Waals surface area (Å²) in [6.07, 6.45) is -4.50. The fraction of sp³-hybridized carbons (Fsp3) is 0.154. The highest BCUT2D eigenvalue weighted by molar-refractivity contribution is 9.10. The molecular formula is C13H10BrF3N2O. The average Bonchev–Trinajstić information content (AvgIpc) is 2.40. The molecule has 0 aliphatic carbocycles. The van der Waals surface area contributed by atoms with Gasteiger partial charge >= 0.3 is 6.18 Å². The van der Waals surface area contributed by atoms with Gasteiger partial charge in [0, 0.05) is 22.6 Å². The van der Waals surface area contributed by atoms with Crippen LogP contribution in [0, 0.1) is 0 Å². The molecule has 0 spiro atoms. The topological polar surface area (TPSA) is 48.1 Å². The van der Waals surface area contributed by atoms with Crippen LogP contribution in [-0.2, 0) is 12.7 Å². The summed E-state index contributed by atoms with van der Waals surface area (Å²) in [4.78, 5) is 3.44. The zero-order valence-electron chi connectivity index (χ0n) is 10.1. The van der Waals surface area contributed by atoms with Crippen LogP contribution in [-0.4, -0.2) is 4.98 Å². The number of hydrogen-bond acceptors (Lipinski definition) is 3. The first-order valence-corrected chi connectivity index (χ1v) is 6.40. The van der Waals surface area contributed by atoms with Crippen LogP contribution < -0.4 is 10.5 Å². The molecule has 0 atom stereocenters. The van der Waals surface area contributed by atoms with Crippen molar-refractivity contribution in [3.8, 4) is 11.6 Å². The van der Waals surface area contributed by atoms with Crippen LogP contribution in [0.4, 0.5) is 13.2 Å². The fourth-order valence-corrected chi connectivity index (χ4v) is 1.96. The van der Waals surface area contributed by atoms with Crippen molar-refractivity contribution in [2.75, 3.05) is 0 Å². The first-order chi connectivity index (χ1) is 9.40. The summed E-state index contributed by atoms with van der Waals surface area (Å²) < 4.78 is 43.9. The standard InChI is InChI=1S/C13H10BrF3N2O/c14-9-4-5-10(8(6-9)7-18)20-12-3-1-2-11(19-12)13(15,16)17/h1-6H,7,18H2. The number of halogens is 4. The molecular weight excluding hydrogens is 337 g/mol. The molecule has 106 valence electrons. The first kappa shape index (κ1) is 14.8. The maximum Gasteiger partial charge on any atom is 0.433 e. The number of benzene rings is 1. The molecule has 0 bridgehead atoms. The van der Waals surface area contributed by atoms with E-state index < -0.39 is 11.9 Å². The van der Waals surface area contributed by atoms with E-state index in [2.05, 4.69) is 20.9 Å². The van der Waals surface area contributed by atoms with Gasteiger partial charge in [-0.1, -0.05) is 22.0 Å². The van der Waals surface area contributed by atoms with Crippen molar-refractivity contribution >= 4 is 15.9 Å². The second-order valence-electron chi connectivity index (χ2n) is 3.92. The van der Waals surface area contributed by atoms with Crippen LogP contribution in [0.1, 0.15) is 11.3 Å². The van der Waals surface area contributed by atoms with Crippen molar-refractivity contribution in [2.45, 2.75) is 12.7 Å². The van der Waals surface area contributed by atoms with Crippen molar-refractivity contribution in [3.05, 3.63) is 52.1 Å². The van der Waals surface area contributed by atoms with Crippen molar-refractivity contribution in [2.24, 2.45) is 5.73 Å². The Balaban J connectivity index is 2.31. The molecule has 1 heterocycles. The maximum atomic E-state index is 12.6. The molecule has 2 rings (SSSR count). The van der Waals surface area contributed by atoms with Gasteiger partial charge in [0.1, 0.15) is 11.4 Å². The summed E-state index contributed by atoms with van der Waals surface area (Å²) in [5.74, 6) is 0.249. The van der Waals surface area contributed by atoms with Gasteiger partial charge in [-0.15, -0.1) is 0 Å². The Hall–Kier alpha value is -1.60. The Labute approximate surface area is 121 Å². The smallest absolute Gasteiger partial charge is 0.433 e. The molecule has 0 saturated carbocycles. The Morgan fingerprint density at radius 3 is 2.60 bits per heavy atom. The SMILES string of the molecule is NCc1cc(Br)ccc1Oc1cccc(C(F)(F)F)n1. The van der Waals surface area contributed by atoms with Gasteiger partial charge in [0.15, 0.2) is 0 Å². The number of aromatic nitrogens is 1. The highest BCUT2D eigenvalue weighted by Gasteiger charge is 2.32. The van der Waals surface area contributed by atoms with Crippen LogP contribution in [0.3, 0.4) is 0 Å². The minimum atomic E-state index is -4.50. The van der Waals surface area contributed by atoms with Crippen molar-refractivity contribution < 1.29 is 17.9 Å². The molecule has 3 nitrogen and oxygen atoms in total. The highest BCUT2D eigenvalue weighted by atomic mass is 79.9. The lowest BCUT2D eigenvalue weighted by Gasteiger charge is -2.11. The summed E-state index contributed by atoms with van der Waals surface area (Å²) in [7, 11) is 0. The van der Waals surface area contributed by atoms with E-state index in [1.54, 1.807) is 18.2 Å². The minimum Gasteiger partial charge on any atom is -0.439 e. The molecule has 7 heteroatoms. The molecule has 2 N–H and O–H groups in total. The summed E-state index contributed by atoms with van der Waals surface area (Å²) in [6, 6.07) is 8.56. The number of hydrogen-bond donors (Lipinski definition) is 1. The van der Waals surface area contributed by atoms with Gasteiger partial charge in [0.2, 0.25) is 5.88 Å². The third-order valence-electron chi connectivity index (χ3n) is 2.47. The number of alkyl halides is 3. The third kappa shape index (κ3) is 3.49. The number of nitrogens with two attached hydrogens (primary N) is 1. The number of pyridine rings is 1. The number of nitrogens with zero attached hydrogens (tertiary/aromatic N) is 1. The summed E-state index contributed by atoms with van der Waals surface area (Å²) >= 11 is 3.28. The van der Waals surface area contributed by atoms with Crippen molar-refractivity contribution in [1.29, 1.82) is 0 Å². The predicted octanol–water partition coefficient (Wildman–Crippen LogP) is 4.11.